The summed E-state index contributed by atoms with van der Waals surface area (Å²) in [4.78, 5) is 5.24. The first kappa shape index (κ1) is 10.4. The maximum absolute atomic E-state index is 10.3. The highest BCUT2D eigenvalue weighted by Gasteiger charge is 2.15. The molecule has 0 bridgehead atoms. The van der Waals surface area contributed by atoms with E-state index in [4.69, 9.17) is 0 Å². The number of nitrogens with zero attached hydrogens (tertiary/aromatic N) is 1. The number of rotatable bonds is 2. The van der Waals surface area contributed by atoms with Gasteiger partial charge in [0.25, 0.3) is 0 Å². The zero-order chi connectivity index (χ0) is 11.7. The fourth-order valence-corrected chi connectivity index (χ4v) is 2.65. The topological polar surface area (TPSA) is 33.1 Å². The van der Waals surface area contributed by atoms with Crippen LogP contribution in [0, 0.1) is 0 Å². The molecule has 0 fully saturated rings. The van der Waals surface area contributed by atoms with Crippen molar-refractivity contribution in [2.75, 3.05) is 0 Å². The minimum atomic E-state index is -0.638. The Morgan fingerprint density at radius 2 is 1.94 bits per heavy atom. The molecule has 0 aliphatic rings. The number of aliphatic hydroxyl groups is 1. The smallest absolute Gasteiger partial charge is 0.131 e. The minimum absolute atomic E-state index is 0.638. The molecule has 2 heterocycles. The molecule has 1 N–H and O–H groups in total. The Labute approximate surface area is 103 Å². The molecule has 17 heavy (non-hydrogen) atoms. The van der Waals surface area contributed by atoms with Crippen molar-refractivity contribution in [2.45, 2.75) is 6.10 Å². The van der Waals surface area contributed by atoms with Gasteiger partial charge in [0.1, 0.15) is 6.10 Å². The van der Waals surface area contributed by atoms with Gasteiger partial charge >= 0.3 is 0 Å². The van der Waals surface area contributed by atoms with Crippen molar-refractivity contribution in [3.63, 3.8) is 0 Å². The van der Waals surface area contributed by atoms with Gasteiger partial charge in [-0.2, -0.15) is 0 Å². The van der Waals surface area contributed by atoms with Crippen molar-refractivity contribution < 1.29 is 5.11 Å². The van der Waals surface area contributed by atoms with Gasteiger partial charge in [-0.05, 0) is 22.9 Å². The molecule has 0 amide bonds. The second kappa shape index (κ2) is 4.28. The molecule has 2 aromatic heterocycles. The number of aromatic nitrogens is 1. The van der Waals surface area contributed by atoms with Gasteiger partial charge in [0.2, 0.25) is 0 Å². The van der Waals surface area contributed by atoms with Crippen LogP contribution in [0.1, 0.15) is 16.7 Å². The predicted molar refractivity (Wildman–Crippen MR) is 70.1 cm³/mol. The Morgan fingerprint density at radius 3 is 2.76 bits per heavy atom. The Kier molecular flexibility index (Phi) is 2.63. The Bertz CT molecular complexity index is 628. The molecule has 0 radical (unpaired) electrons. The number of benzene rings is 1. The number of thiophene rings is 1. The van der Waals surface area contributed by atoms with Crippen LogP contribution in [0.15, 0.2) is 54.0 Å². The second-order valence-corrected chi connectivity index (χ2v) is 4.81. The first-order chi connectivity index (χ1) is 8.36. The quantitative estimate of drug-likeness (QED) is 0.746. The fourth-order valence-electron chi connectivity index (χ4n) is 1.94. The fraction of sp³-hybridized carbons (Fsp3) is 0.0714. The molecule has 0 saturated heterocycles. The number of aliphatic hydroxyl groups excluding tert-OH is 1. The van der Waals surface area contributed by atoms with Crippen LogP contribution >= 0.6 is 11.3 Å². The number of pyridine rings is 1. The standard InChI is InChI=1S/C14H11NOS/c16-14(12-6-3-9-17-12)13-11-5-2-1-4-10(11)7-8-15-13/h1-9,14,16H/t14-/m1/s1. The lowest BCUT2D eigenvalue weighted by molar-refractivity contribution is 0.221. The maximum atomic E-state index is 10.3. The molecular weight excluding hydrogens is 230 g/mol. The summed E-state index contributed by atoms with van der Waals surface area (Å²) in [6.45, 7) is 0. The highest BCUT2D eigenvalue weighted by Crippen LogP contribution is 2.29. The lowest BCUT2D eigenvalue weighted by atomic mass is 10.1. The summed E-state index contributed by atoms with van der Waals surface area (Å²) in [5.74, 6) is 0. The van der Waals surface area contributed by atoms with Crippen LogP contribution in [0.5, 0.6) is 0 Å². The highest BCUT2D eigenvalue weighted by atomic mass is 32.1. The molecular formula is C14H11NOS. The van der Waals surface area contributed by atoms with Crippen LogP contribution < -0.4 is 0 Å². The largest absolute Gasteiger partial charge is 0.381 e. The van der Waals surface area contributed by atoms with Crippen LogP contribution in [0.25, 0.3) is 10.8 Å². The maximum Gasteiger partial charge on any atom is 0.131 e. The van der Waals surface area contributed by atoms with E-state index in [9.17, 15) is 5.11 Å². The van der Waals surface area contributed by atoms with Crippen molar-refractivity contribution in [1.29, 1.82) is 0 Å². The van der Waals surface area contributed by atoms with Crippen molar-refractivity contribution in [1.82, 2.24) is 4.98 Å². The van der Waals surface area contributed by atoms with E-state index in [0.717, 1.165) is 21.3 Å². The Morgan fingerprint density at radius 1 is 1.06 bits per heavy atom. The van der Waals surface area contributed by atoms with E-state index in [2.05, 4.69) is 4.98 Å². The third-order valence-corrected chi connectivity index (χ3v) is 3.70. The van der Waals surface area contributed by atoms with Crippen LogP contribution in [0.3, 0.4) is 0 Å². The summed E-state index contributed by atoms with van der Waals surface area (Å²) in [6.07, 6.45) is 1.11. The van der Waals surface area contributed by atoms with Crippen molar-refractivity contribution in [3.05, 3.63) is 64.6 Å². The zero-order valence-electron chi connectivity index (χ0n) is 9.08. The number of hydrogen-bond donors (Lipinski definition) is 1. The third kappa shape index (κ3) is 1.84. The van der Waals surface area contributed by atoms with Gasteiger partial charge < -0.3 is 5.11 Å². The Hall–Kier alpha value is -1.71. The zero-order valence-corrected chi connectivity index (χ0v) is 9.89. The molecule has 1 aromatic carbocycles. The van der Waals surface area contributed by atoms with E-state index in [1.54, 1.807) is 17.5 Å². The first-order valence-electron chi connectivity index (χ1n) is 5.41. The van der Waals surface area contributed by atoms with Gasteiger partial charge in [0.05, 0.1) is 5.69 Å². The molecule has 3 aromatic rings. The molecule has 1 atom stereocenters. The van der Waals surface area contributed by atoms with Gasteiger partial charge in [0.15, 0.2) is 0 Å². The molecule has 0 aliphatic carbocycles. The Balaban J connectivity index is 2.17. The predicted octanol–water partition coefficient (Wildman–Crippen LogP) is 3.38. The normalized spacial score (nSPS) is 12.8. The average Bonchev–Trinajstić information content (AvgIpc) is 2.91. The van der Waals surface area contributed by atoms with Gasteiger partial charge in [0, 0.05) is 16.5 Å². The van der Waals surface area contributed by atoms with E-state index in [1.807, 2.05) is 47.8 Å². The number of fused-ring (bicyclic) bond motifs is 1. The van der Waals surface area contributed by atoms with Crippen LogP contribution in [0.2, 0.25) is 0 Å². The van der Waals surface area contributed by atoms with E-state index < -0.39 is 6.10 Å². The SMILES string of the molecule is O[C@H](c1cccs1)c1nccc2ccccc12. The molecule has 0 spiro atoms. The van der Waals surface area contributed by atoms with Gasteiger partial charge in [-0.1, -0.05) is 30.3 Å². The molecule has 0 unspecified atom stereocenters. The highest BCUT2D eigenvalue weighted by molar-refractivity contribution is 7.10. The van der Waals surface area contributed by atoms with Crippen LogP contribution in [-0.2, 0) is 0 Å². The lowest BCUT2D eigenvalue weighted by Crippen LogP contribution is -2.00. The molecule has 84 valence electrons. The van der Waals surface area contributed by atoms with Crippen molar-refractivity contribution in [3.8, 4) is 0 Å². The van der Waals surface area contributed by atoms with E-state index in [0.29, 0.717) is 0 Å². The summed E-state index contributed by atoms with van der Waals surface area (Å²) in [5, 5.41) is 14.4. The monoisotopic (exact) mass is 241 g/mol. The van der Waals surface area contributed by atoms with E-state index >= 15 is 0 Å². The van der Waals surface area contributed by atoms with E-state index in [-0.39, 0.29) is 0 Å². The van der Waals surface area contributed by atoms with Gasteiger partial charge in [-0.15, -0.1) is 11.3 Å². The van der Waals surface area contributed by atoms with Crippen molar-refractivity contribution in [2.24, 2.45) is 0 Å². The van der Waals surface area contributed by atoms with Crippen molar-refractivity contribution >= 4 is 22.1 Å². The summed E-state index contributed by atoms with van der Waals surface area (Å²) >= 11 is 1.54. The van der Waals surface area contributed by atoms with E-state index in [1.165, 1.54) is 0 Å². The summed E-state index contributed by atoms with van der Waals surface area (Å²) in [5.41, 5.74) is 0.727. The molecule has 3 rings (SSSR count). The third-order valence-electron chi connectivity index (χ3n) is 2.78. The molecule has 2 nitrogen and oxygen atoms in total. The molecule has 3 heteroatoms. The van der Waals surface area contributed by atoms with Crippen LogP contribution in [0.4, 0.5) is 0 Å². The average molecular weight is 241 g/mol. The lowest BCUT2D eigenvalue weighted by Gasteiger charge is -2.10. The minimum Gasteiger partial charge on any atom is -0.381 e. The first-order valence-corrected chi connectivity index (χ1v) is 6.29. The van der Waals surface area contributed by atoms with Crippen LogP contribution in [-0.4, -0.2) is 10.1 Å². The molecule has 0 saturated carbocycles. The molecule has 0 aliphatic heterocycles. The number of hydrogen-bond acceptors (Lipinski definition) is 3. The summed E-state index contributed by atoms with van der Waals surface area (Å²) in [7, 11) is 0. The van der Waals surface area contributed by atoms with Gasteiger partial charge in [-0.25, -0.2) is 0 Å². The summed E-state index contributed by atoms with van der Waals surface area (Å²) < 4.78 is 0. The van der Waals surface area contributed by atoms with Gasteiger partial charge in [-0.3, -0.25) is 4.98 Å². The second-order valence-electron chi connectivity index (χ2n) is 3.84. The summed E-state index contributed by atoms with van der Waals surface area (Å²) in [6, 6.07) is 13.8.